The van der Waals surface area contributed by atoms with E-state index in [9.17, 15) is 9.59 Å². The number of amides is 1. The van der Waals surface area contributed by atoms with Gasteiger partial charge in [-0.2, -0.15) is 0 Å². The van der Waals surface area contributed by atoms with Crippen LogP contribution in [0.15, 0.2) is 58.5 Å². The average Bonchev–Trinajstić information content (AvgIpc) is 2.68. The van der Waals surface area contributed by atoms with Gasteiger partial charge in [0.2, 0.25) is 5.91 Å². The molecule has 3 aromatic rings. The van der Waals surface area contributed by atoms with Crippen LogP contribution in [-0.4, -0.2) is 28.7 Å². The summed E-state index contributed by atoms with van der Waals surface area (Å²) in [5, 5.41) is 3.29. The molecule has 6 nitrogen and oxygen atoms in total. The summed E-state index contributed by atoms with van der Waals surface area (Å²) in [6, 6.07) is 14.6. The van der Waals surface area contributed by atoms with Crippen molar-refractivity contribution in [2.24, 2.45) is 0 Å². The van der Waals surface area contributed by atoms with Gasteiger partial charge in [-0.05, 0) is 49.7 Å². The molecular formula is C21H21N3O3S. The molecule has 0 unspecified atom stereocenters. The molecule has 1 amide bonds. The van der Waals surface area contributed by atoms with Crippen molar-refractivity contribution < 1.29 is 9.53 Å². The summed E-state index contributed by atoms with van der Waals surface area (Å²) in [7, 11) is 1.60. The van der Waals surface area contributed by atoms with Crippen LogP contribution in [0.5, 0.6) is 5.75 Å². The zero-order valence-electron chi connectivity index (χ0n) is 15.9. The number of hydrogen-bond acceptors (Lipinski definition) is 5. The predicted octanol–water partition coefficient (Wildman–Crippen LogP) is 3.79. The number of methoxy groups -OCH3 is 1. The molecule has 28 heavy (non-hydrogen) atoms. The number of thioether (sulfide) groups is 1. The minimum atomic E-state index is -0.266. The van der Waals surface area contributed by atoms with Crippen LogP contribution in [0.3, 0.4) is 0 Å². The third-order valence-corrected chi connectivity index (χ3v) is 4.98. The summed E-state index contributed by atoms with van der Waals surface area (Å²) < 4.78 is 5.14. The van der Waals surface area contributed by atoms with E-state index < -0.39 is 0 Å². The van der Waals surface area contributed by atoms with E-state index in [2.05, 4.69) is 15.3 Å². The van der Waals surface area contributed by atoms with Crippen LogP contribution in [0.1, 0.15) is 11.1 Å². The van der Waals surface area contributed by atoms with Crippen molar-refractivity contribution in [3.8, 4) is 17.0 Å². The SMILES string of the molecule is COc1ccc(-c2cc(=O)[nH]c(SCC(=O)Nc3ccc(C)cc3C)n2)cc1. The summed E-state index contributed by atoms with van der Waals surface area (Å²) in [6.07, 6.45) is 0. The number of carbonyl (C=O) groups excluding carboxylic acids is 1. The van der Waals surface area contributed by atoms with Crippen molar-refractivity contribution in [3.63, 3.8) is 0 Å². The van der Waals surface area contributed by atoms with Crippen LogP contribution in [0.2, 0.25) is 0 Å². The third kappa shape index (κ3) is 5.01. The summed E-state index contributed by atoms with van der Waals surface area (Å²) >= 11 is 1.18. The lowest BCUT2D eigenvalue weighted by atomic mass is 10.1. The van der Waals surface area contributed by atoms with Gasteiger partial charge in [-0.15, -0.1) is 0 Å². The van der Waals surface area contributed by atoms with Gasteiger partial charge in [0.05, 0.1) is 18.6 Å². The molecule has 2 aromatic carbocycles. The number of aromatic nitrogens is 2. The summed E-state index contributed by atoms with van der Waals surface area (Å²) in [4.78, 5) is 31.4. The Morgan fingerprint density at radius 2 is 1.89 bits per heavy atom. The van der Waals surface area contributed by atoms with Crippen molar-refractivity contribution in [2.75, 3.05) is 18.2 Å². The Kier molecular flexibility index (Phi) is 6.16. The molecule has 0 atom stereocenters. The van der Waals surface area contributed by atoms with E-state index in [0.717, 1.165) is 28.1 Å². The number of nitrogens with one attached hydrogen (secondary N) is 2. The van der Waals surface area contributed by atoms with E-state index in [4.69, 9.17) is 4.74 Å². The van der Waals surface area contributed by atoms with Crippen molar-refractivity contribution in [1.29, 1.82) is 0 Å². The maximum Gasteiger partial charge on any atom is 0.252 e. The second-order valence-corrected chi connectivity index (χ2v) is 7.28. The van der Waals surface area contributed by atoms with Gasteiger partial charge in [0.25, 0.3) is 5.56 Å². The van der Waals surface area contributed by atoms with Gasteiger partial charge >= 0.3 is 0 Å². The fraction of sp³-hybridized carbons (Fsp3) is 0.190. The fourth-order valence-corrected chi connectivity index (χ4v) is 3.36. The standard InChI is InChI=1S/C21H21N3O3S/c1-13-4-9-17(14(2)10-13)22-20(26)12-28-21-23-18(11-19(25)24-21)15-5-7-16(27-3)8-6-15/h4-11H,12H2,1-3H3,(H,22,26)(H,23,24,25). The molecule has 0 spiro atoms. The van der Waals surface area contributed by atoms with E-state index in [1.807, 2.05) is 56.3 Å². The molecule has 1 aromatic heterocycles. The molecule has 0 radical (unpaired) electrons. The van der Waals surface area contributed by atoms with Crippen LogP contribution in [0, 0.1) is 13.8 Å². The van der Waals surface area contributed by atoms with E-state index in [-0.39, 0.29) is 17.2 Å². The Morgan fingerprint density at radius 1 is 1.14 bits per heavy atom. The Balaban J connectivity index is 1.69. The molecule has 0 saturated heterocycles. The molecule has 144 valence electrons. The highest BCUT2D eigenvalue weighted by molar-refractivity contribution is 7.99. The van der Waals surface area contributed by atoms with E-state index in [1.54, 1.807) is 7.11 Å². The maximum atomic E-state index is 12.3. The highest BCUT2D eigenvalue weighted by atomic mass is 32.2. The topological polar surface area (TPSA) is 84.1 Å². The number of aryl methyl sites for hydroxylation is 2. The number of aromatic amines is 1. The normalized spacial score (nSPS) is 10.5. The van der Waals surface area contributed by atoms with E-state index in [1.165, 1.54) is 17.8 Å². The zero-order chi connectivity index (χ0) is 20.1. The van der Waals surface area contributed by atoms with Gasteiger partial charge in [0, 0.05) is 17.3 Å². The van der Waals surface area contributed by atoms with Gasteiger partial charge in [-0.25, -0.2) is 4.98 Å². The largest absolute Gasteiger partial charge is 0.497 e. The first-order valence-electron chi connectivity index (χ1n) is 8.70. The van der Waals surface area contributed by atoms with Crippen LogP contribution < -0.4 is 15.6 Å². The first kappa shape index (κ1) is 19.7. The number of rotatable bonds is 6. The third-order valence-electron chi connectivity index (χ3n) is 4.10. The van der Waals surface area contributed by atoms with Crippen molar-refractivity contribution in [3.05, 3.63) is 70.0 Å². The minimum Gasteiger partial charge on any atom is -0.497 e. The number of hydrogen-bond donors (Lipinski definition) is 2. The quantitative estimate of drug-likeness (QED) is 0.490. The monoisotopic (exact) mass is 395 g/mol. The molecule has 7 heteroatoms. The van der Waals surface area contributed by atoms with Gasteiger partial charge in [-0.1, -0.05) is 29.5 Å². The second kappa shape index (κ2) is 8.75. The van der Waals surface area contributed by atoms with Gasteiger partial charge in [0.1, 0.15) is 5.75 Å². The average molecular weight is 395 g/mol. The van der Waals surface area contributed by atoms with Gasteiger partial charge < -0.3 is 15.0 Å². The second-order valence-electron chi connectivity index (χ2n) is 6.32. The van der Waals surface area contributed by atoms with Crippen LogP contribution in [-0.2, 0) is 4.79 Å². The first-order valence-corrected chi connectivity index (χ1v) is 9.69. The molecule has 1 heterocycles. The molecule has 0 aliphatic carbocycles. The maximum absolute atomic E-state index is 12.3. The lowest BCUT2D eigenvalue weighted by molar-refractivity contribution is -0.113. The molecule has 2 N–H and O–H groups in total. The Morgan fingerprint density at radius 3 is 2.57 bits per heavy atom. The lowest BCUT2D eigenvalue weighted by Crippen LogP contribution is -2.16. The number of ether oxygens (including phenoxy) is 1. The van der Waals surface area contributed by atoms with E-state index >= 15 is 0 Å². The number of nitrogens with zero attached hydrogens (tertiary/aromatic N) is 1. The Hall–Kier alpha value is -3.06. The predicted molar refractivity (Wildman–Crippen MR) is 112 cm³/mol. The minimum absolute atomic E-state index is 0.141. The van der Waals surface area contributed by atoms with Crippen LogP contribution in [0.25, 0.3) is 11.3 Å². The molecule has 0 fully saturated rings. The molecule has 0 aliphatic heterocycles. The molecule has 0 saturated carbocycles. The van der Waals surface area contributed by atoms with Crippen LogP contribution in [0.4, 0.5) is 5.69 Å². The highest BCUT2D eigenvalue weighted by Gasteiger charge is 2.09. The number of anilines is 1. The first-order chi connectivity index (χ1) is 13.4. The lowest BCUT2D eigenvalue weighted by Gasteiger charge is -2.09. The van der Waals surface area contributed by atoms with Crippen molar-refractivity contribution >= 4 is 23.4 Å². The van der Waals surface area contributed by atoms with Crippen molar-refractivity contribution in [1.82, 2.24) is 9.97 Å². The number of carbonyl (C=O) groups is 1. The van der Waals surface area contributed by atoms with Gasteiger partial charge in [-0.3, -0.25) is 9.59 Å². The zero-order valence-corrected chi connectivity index (χ0v) is 16.7. The molecule has 0 aliphatic rings. The highest BCUT2D eigenvalue weighted by Crippen LogP contribution is 2.22. The van der Waals surface area contributed by atoms with Crippen molar-refractivity contribution in [2.45, 2.75) is 19.0 Å². The summed E-state index contributed by atoms with van der Waals surface area (Å²) in [5.74, 6) is 0.711. The Bertz CT molecular complexity index is 1050. The smallest absolute Gasteiger partial charge is 0.252 e. The molecule has 3 rings (SSSR count). The van der Waals surface area contributed by atoms with Gasteiger partial charge in [0.15, 0.2) is 5.16 Å². The summed E-state index contributed by atoms with van der Waals surface area (Å²) in [5.41, 5.74) is 4.01. The molecular weight excluding hydrogens is 374 g/mol. The summed E-state index contributed by atoms with van der Waals surface area (Å²) in [6.45, 7) is 3.96. The Labute approximate surface area is 167 Å². The fourth-order valence-electron chi connectivity index (χ4n) is 2.69. The van der Waals surface area contributed by atoms with E-state index in [0.29, 0.717) is 10.9 Å². The molecule has 0 bridgehead atoms. The van der Waals surface area contributed by atoms with Crippen LogP contribution >= 0.6 is 11.8 Å². The number of benzene rings is 2. The number of H-pyrrole nitrogens is 1.